The lowest BCUT2D eigenvalue weighted by Gasteiger charge is -2.34. The van der Waals surface area contributed by atoms with Gasteiger partial charge in [-0.2, -0.15) is 0 Å². The maximum absolute atomic E-state index is 6.81. The molecule has 25 heavy (non-hydrogen) atoms. The molecule has 0 radical (unpaired) electrons. The summed E-state index contributed by atoms with van der Waals surface area (Å²) in [6.07, 6.45) is 3.12. The van der Waals surface area contributed by atoms with Crippen molar-refractivity contribution >= 4 is 43.1 Å². The van der Waals surface area contributed by atoms with Crippen LogP contribution in [-0.4, -0.2) is 8.32 Å². The van der Waals surface area contributed by atoms with Crippen molar-refractivity contribution in [3.63, 3.8) is 0 Å². The van der Waals surface area contributed by atoms with Crippen LogP contribution in [-0.2, 0) is 4.43 Å². The van der Waals surface area contributed by atoms with Crippen molar-refractivity contribution in [2.75, 3.05) is 0 Å². The fourth-order valence-electron chi connectivity index (χ4n) is 3.24. The molecule has 1 unspecified atom stereocenters. The number of halogens is 3. The van der Waals surface area contributed by atoms with E-state index in [0.717, 1.165) is 43.0 Å². The molecule has 1 nitrogen and oxygen atoms in total. The first-order valence-electron chi connectivity index (χ1n) is 9.39. The van der Waals surface area contributed by atoms with E-state index in [4.69, 9.17) is 39.2 Å². The highest BCUT2D eigenvalue weighted by molar-refractivity contribution is 6.73. The first-order chi connectivity index (χ1) is 11.6. The van der Waals surface area contributed by atoms with Crippen LogP contribution in [0.15, 0.2) is 12.1 Å². The summed E-state index contributed by atoms with van der Waals surface area (Å²) in [5, 5.41) is 1.80. The zero-order valence-corrected chi connectivity index (χ0v) is 19.8. The normalized spacial score (nSPS) is 14.0. The van der Waals surface area contributed by atoms with E-state index in [1.807, 2.05) is 0 Å². The van der Waals surface area contributed by atoms with Crippen LogP contribution in [0.3, 0.4) is 0 Å². The summed E-state index contributed by atoms with van der Waals surface area (Å²) in [6, 6.07) is 6.88. The van der Waals surface area contributed by atoms with Gasteiger partial charge in [0.1, 0.15) is 0 Å². The fourth-order valence-corrected chi connectivity index (χ4v) is 7.14. The van der Waals surface area contributed by atoms with E-state index in [1.54, 1.807) is 12.1 Å². The van der Waals surface area contributed by atoms with Gasteiger partial charge in [0, 0.05) is 20.6 Å². The molecule has 0 aliphatic heterocycles. The summed E-state index contributed by atoms with van der Waals surface area (Å²) in [6.45, 7) is 13.6. The van der Waals surface area contributed by atoms with Gasteiger partial charge in [0.15, 0.2) is 8.32 Å². The molecular formula is C20H33Cl3OSi. The van der Waals surface area contributed by atoms with Gasteiger partial charge >= 0.3 is 0 Å². The van der Waals surface area contributed by atoms with Crippen LogP contribution >= 0.6 is 34.8 Å². The number of hydrogen-bond acceptors (Lipinski definition) is 1. The molecule has 0 heterocycles. The molecular weight excluding hydrogens is 391 g/mol. The minimum Gasteiger partial charge on any atom is -0.410 e. The standard InChI is InChI=1S/C20H33Cl3OSi/c1-7-25(8-2,9-3)24-18(11-10-12-20(4,5)6)19-16(22)13-15(21)14-17(19)23/h13-14,18H,7-12H2,1-6H3. The third-order valence-electron chi connectivity index (χ3n) is 5.08. The maximum atomic E-state index is 6.81. The van der Waals surface area contributed by atoms with Crippen LogP contribution in [0.1, 0.15) is 72.5 Å². The Balaban J connectivity index is 3.15. The highest BCUT2D eigenvalue weighted by Gasteiger charge is 2.34. The predicted octanol–water partition coefficient (Wildman–Crippen LogP) is 8.93. The minimum absolute atomic E-state index is 0.0499. The highest BCUT2D eigenvalue weighted by Crippen LogP contribution is 2.41. The van der Waals surface area contributed by atoms with Crippen LogP contribution in [0, 0.1) is 5.41 Å². The van der Waals surface area contributed by atoms with Crippen LogP contribution < -0.4 is 0 Å². The SMILES string of the molecule is CC[Si](CC)(CC)OC(CCCC(C)(C)C)c1c(Cl)cc(Cl)cc1Cl. The van der Waals surface area contributed by atoms with Crippen LogP contribution in [0.4, 0.5) is 0 Å². The van der Waals surface area contributed by atoms with Gasteiger partial charge in [-0.15, -0.1) is 0 Å². The second-order valence-corrected chi connectivity index (χ2v) is 14.1. The maximum Gasteiger partial charge on any atom is 0.192 e. The average molecular weight is 424 g/mol. The molecule has 0 aliphatic rings. The molecule has 0 spiro atoms. The van der Waals surface area contributed by atoms with Gasteiger partial charge < -0.3 is 4.43 Å². The van der Waals surface area contributed by atoms with Crippen LogP contribution in [0.2, 0.25) is 33.2 Å². The number of hydrogen-bond donors (Lipinski definition) is 0. The van der Waals surface area contributed by atoms with Crippen molar-refractivity contribution in [2.24, 2.45) is 5.41 Å². The monoisotopic (exact) mass is 422 g/mol. The van der Waals surface area contributed by atoms with E-state index in [2.05, 4.69) is 41.5 Å². The molecule has 144 valence electrons. The Morgan fingerprint density at radius 2 is 1.44 bits per heavy atom. The first kappa shape index (κ1) is 23.3. The van der Waals surface area contributed by atoms with Gasteiger partial charge in [-0.1, -0.05) is 82.8 Å². The van der Waals surface area contributed by atoms with E-state index in [0.29, 0.717) is 20.5 Å². The Hall–Kier alpha value is 0.267. The molecule has 0 saturated heterocycles. The van der Waals surface area contributed by atoms with E-state index < -0.39 is 8.32 Å². The summed E-state index contributed by atoms with van der Waals surface area (Å²) in [4.78, 5) is 0. The Labute approximate surface area is 170 Å². The Kier molecular flexibility index (Phi) is 9.31. The predicted molar refractivity (Wildman–Crippen MR) is 116 cm³/mol. The molecule has 1 atom stereocenters. The topological polar surface area (TPSA) is 9.23 Å². The second-order valence-electron chi connectivity index (χ2n) is 8.09. The highest BCUT2D eigenvalue weighted by atomic mass is 35.5. The van der Waals surface area contributed by atoms with Crippen molar-refractivity contribution in [1.82, 2.24) is 0 Å². The van der Waals surface area contributed by atoms with Crippen molar-refractivity contribution in [2.45, 2.75) is 85.0 Å². The Morgan fingerprint density at radius 1 is 0.960 bits per heavy atom. The van der Waals surface area contributed by atoms with Crippen LogP contribution in [0.25, 0.3) is 0 Å². The lowest BCUT2D eigenvalue weighted by Crippen LogP contribution is -2.37. The van der Waals surface area contributed by atoms with Gasteiger partial charge in [-0.3, -0.25) is 0 Å². The minimum atomic E-state index is -1.77. The summed E-state index contributed by atoms with van der Waals surface area (Å²) in [5.41, 5.74) is 1.22. The van der Waals surface area contributed by atoms with E-state index >= 15 is 0 Å². The third-order valence-corrected chi connectivity index (χ3v) is 10.6. The van der Waals surface area contributed by atoms with Crippen molar-refractivity contribution in [3.8, 4) is 0 Å². The van der Waals surface area contributed by atoms with E-state index in [9.17, 15) is 0 Å². The molecule has 0 bridgehead atoms. The molecule has 5 heteroatoms. The van der Waals surface area contributed by atoms with Crippen molar-refractivity contribution < 1.29 is 4.43 Å². The summed E-state index contributed by atoms with van der Waals surface area (Å²) >= 11 is 19.2. The van der Waals surface area contributed by atoms with Gasteiger partial charge in [0.2, 0.25) is 0 Å². The van der Waals surface area contributed by atoms with Gasteiger partial charge in [0.25, 0.3) is 0 Å². The van der Waals surface area contributed by atoms with Gasteiger partial charge in [-0.05, 0) is 48.5 Å². The number of rotatable bonds is 9. The van der Waals surface area contributed by atoms with Gasteiger partial charge in [-0.25, -0.2) is 0 Å². The second kappa shape index (κ2) is 9.99. The fraction of sp³-hybridized carbons (Fsp3) is 0.700. The first-order valence-corrected chi connectivity index (χ1v) is 13.1. The number of benzene rings is 1. The molecule has 0 fully saturated rings. The van der Waals surface area contributed by atoms with Crippen LogP contribution in [0.5, 0.6) is 0 Å². The molecule has 0 amide bonds. The molecule has 1 rings (SSSR count). The van der Waals surface area contributed by atoms with E-state index in [1.165, 1.54) is 0 Å². The van der Waals surface area contributed by atoms with Crippen molar-refractivity contribution in [1.29, 1.82) is 0 Å². The largest absolute Gasteiger partial charge is 0.410 e. The molecule has 0 N–H and O–H groups in total. The molecule has 1 aromatic rings. The Morgan fingerprint density at radius 3 is 1.84 bits per heavy atom. The molecule has 0 aliphatic carbocycles. The Bertz CT molecular complexity index is 519. The smallest absolute Gasteiger partial charge is 0.192 e. The average Bonchev–Trinajstić information content (AvgIpc) is 2.50. The molecule has 1 aromatic carbocycles. The third kappa shape index (κ3) is 7.07. The molecule has 0 saturated carbocycles. The lowest BCUT2D eigenvalue weighted by atomic mass is 9.88. The van der Waals surface area contributed by atoms with Gasteiger partial charge in [0.05, 0.1) is 6.10 Å². The zero-order chi connectivity index (χ0) is 19.3. The van der Waals surface area contributed by atoms with Crippen molar-refractivity contribution in [3.05, 3.63) is 32.8 Å². The lowest BCUT2D eigenvalue weighted by molar-refractivity contribution is 0.169. The summed E-state index contributed by atoms with van der Waals surface area (Å²) < 4.78 is 6.81. The summed E-state index contributed by atoms with van der Waals surface area (Å²) in [5.74, 6) is 0. The van der Waals surface area contributed by atoms with E-state index in [-0.39, 0.29) is 6.10 Å². The molecule has 0 aromatic heterocycles. The zero-order valence-electron chi connectivity index (χ0n) is 16.5. The summed E-state index contributed by atoms with van der Waals surface area (Å²) in [7, 11) is -1.77. The quantitative estimate of drug-likeness (QED) is 0.360.